The second kappa shape index (κ2) is 4.98. The highest BCUT2D eigenvalue weighted by molar-refractivity contribution is 9.10. The maximum absolute atomic E-state index is 9.56. The first-order chi connectivity index (χ1) is 6.19. The van der Waals surface area contributed by atoms with Gasteiger partial charge in [-0.15, -0.1) is 0 Å². The number of hydrogen-bond donors (Lipinski definition) is 1. The Morgan fingerprint density at radius 1 is 1.54 bits per heavy atom. The van der Waals surface area contributed by atoms with Crippen LogP contribution in [0.3, 0.4) is 0 Å². The SMILES string of the molecule is COc1ccc(C(O)CBr)c(Br)c1. The van der Waals surface area contributed by atoms with E-state index in [0.717, 1.165) is 15.8 Å². The van der Waals surface area contributed by atoms with Gasteiger partial charge in [0.25, 0.3) is 0 Å². The van der Waals surface area contributed by atoms with Crippen LogP contribution in [0.4, 0.5) is 0 Å². The monoisotopic (exact) mass is 308 g/mol. The lowest BCUT2D eigenvalue weighted by atomic mass is 10.1. The molecule has 0 aliphatic carbocycles. The first-order valence-electron chi connectivity index (χ1n) is 3.76. The van der Waals surface area contributed by atoms with Crippen molar-refractivity contribution >= 4 is 31.9 Å². The Morgan fingerprint density at radius 2 is 2.23 bits per heavy atom. The summed E-state index contributed by atoms with van der Waals surface area (Å²) in [5.74, 6) is 0.775. The van der Waals surface area contributed by atoms with Gasteiger partial charge in [-0.3, -0.25) is 0 Å². The molecule has 0 saturated heterocycles. The van der Waals surface area contributed by atoms with Crippen molar-refractivity contribution in [1.82, 2.24) is 0 Å². The first kappa shape index (κ1) is 11.0. The zero-order chi connectivity index (χ0) is 9.84. The van der Waals surface area contributed by atoms with Crippen molar-refractivity contribution in [2.75, 3.05) is 12.4 Å². The van der Waals surface area contributed by atoms with Gasteiger partial charge in [0.15, 0.2) is 0 Å². The van der Waals surface area contributed by atoms with Crippen molar-refractivity contribution in [2.45, 2.75) is 6.10 Å². The third-order valence-electron chi connectivity index (χ3n) is 1.71. The highest BCUT2D eigenvalue weighted by Crippen LogP contribution is 2.28. The van der Waals surface area contributed by atoms with E-state index in [-0.39, 0.29) is 0 Å². The van der Waals surface area contributed by atoms with E-state index in [2.05, 4.69) is 31.9 Å². The van der Waals surface area contributed by atoms with E-state index >= 15 is 0 Å². The van der Waals surface area contributed by atoms with Crippen LogP contribution >= 0.6 is 31.9 Å². The number of alkyl halides is 1. The van der Waals surface area contributed by atoms with Gasteiger partial charge < -0.3 is 9.84 Å². The molecule has 0 aliphatic heterocycles. The zero-order valence-electron chi connectivity index (χ0n) is 7.13. The molecular formula is C9H10Br2O2. The van der Waals surface area contributed by atoms with Gasteiger partial charge in [-0.2, -0.15) is 0 Å². The second-order valence-electron chi connectivity index (χ2n) is 2.56. The summed E-state index contributed by atoms with van der Waals surface area (Å²) in [7, 11) is 1.61. The van der Waals surface area contributed by atoms with Crippen LogP contribution in [0, 0.1) is 0 Å². The summed E-state index contributed by atoms with van der Waals surface area (Å²) in [5, 5.41) is 10.1. The maximum Gasteiger partial charge on any atom is 0.120 e. The molecule has 1 rings (SSSR count). The fourth-order valence-corrected chi connectivity index (χ4v) is 1.96. The van der Waals surface area contributed by atoms with Gasteiger partial charge in [-0.1, -0.05) is 37.9 Å². The lowest BCUT2D eigenvalue weighted by Crippen LogP contribution is -1.99. The molecule has 0 heterocycles. The van der Waals surface area contributed by atoms with Crippen LogP contribution in [-0.4, -0.2) is 17.5 Å². The van der Waals surface area contributed by atoms with Crippen LogP contribution in [0.2, 0.25) is 0 Å². The molecular weight excluding hydrogens is 300 g/mol. The average molecular weight is 310 g/mol. The Labute approximate surface area is 94.2 Å². The van der Waals surface area contributed by atoms with Gasteiger partial charge in [-0.05, 0) is 17.7 Å². The minimum absolute atomic E-state index is 0.486. The molecule has 1 unspecified atom stereocenters. The molecule has 1 atom stereocenters. The smallest absolute Gasteiger partial charge is 0.120 e. The zero-order valence-corrected chi connectivity index (χ0v) is 10.3. The van der Waals surface area contributed by atoms with Gasteiger partial charge in [0.1, 0.15) is 5.75 Å². The van der Waals surface area contributed by atoms with E-state index in [0.29, 0.717) is 5.33 Å². The third-order valence-corrected chi connectivity index (χ3v) is 3.01. The highest BCUT2D eigenvalue weighted by Gasteiger charge is 2.09. The Hall–Kier alpha value is -0.0600. The van der Waals surface area contributed by atoms with Crippen molar-refractivity contribution in [3.8, 4) is 5.75 Å². The standard InChI is InChI=1S/C9H10Br2O2/c1-13-6-2-3-7(8(11)4-6)9(12)5-10/h2-4,9,12H,5H2,1H3. The van der Waals surface area contributed by atoms with E-state index < -0.39 is 6.10 Å². The number of methoxy groups -OCH3 is 1. The van der Waals surface area contributed by atoms with Crippen LogP contribution in [0.5, 0.6) is 5.75 Å². The van der Waals surface area contributed by atoms with Crippen molar-refractivity contribution in [3.63, 3.8) is 0 Å². The molecule has 72 valence electrons. The minimum Gasteiger partial charge on any atom is -0.497 e. The van der Waals surface area contributed by atoms with E-state index in [9.17, 15) is 5.11 Å². The predicted octanol–water partition coefficient (Wildman–Crippen LogP) is 2.89. The molecule has 0 radical (unpaired) electrons. The maximum atomic E-state index is 9.56. The minimum atomic E-state index is -0.486. The molecule has 0 amide bonds. The number of ether oxygens (including phenoxy) is 1. The summed E-state index contributed by atoms with van der Waals surface area (Å²) < 4.78 is 5.90. The molecule has 0 fully saturated rings. The topological polar surface area (TPSA) is 29.5 Å². The number of benzene rings is 1. The predicted molar refractivity (Wildman–Crippen MR) is 59.4 cm³/mol. The largest absolute Gasteiger partial charge is 0.497 e. The molecule has 4 heteroatoms. The first-order valence-corrected chi connectivity index (χ1v) is 5.68. The molecule has 13 heavy (non-hydrogen) atoms. The summed E-state index contributed by atoms with van der Waals surface area (Å²) in [4.78, 5) is 0. The van der Waals surface area contributed by atoms with E-state index in [1.807, 2.05) is 18.2 Å². The Balaban J connectivity index is 2.98. The summed E-state index contributed by atoms with van der Waals surface area (Å²) in [5.41, 5.74) is 0.859. The Bertz CT molecular complexity index is 289. The lowest BCUT2D eigenvalue weighted by Gasteiger charge is -2.10. The number of rotatable bonds is 3. The molecule has 1 N–H and O–H groups in total. The molecule has 0 aliphatic rings. The number of halogens is 2. The van der Waals surface area contributed by atoms with Crippen molar-refractivity contribution < 1.29 is 9.84 Å². The summed E-state index contributed by atoms with van der Waals surface area (Å²) in [6.07, 6.45) is -0.486. The molecule has 2 nitrogen and oxygen atoms in total. The third kappa shape index (κ3) is 2.69. The lowest BCUT2D eigenvalue weighted by molar-refractivity contribution is 0.204. The summed E-state index contributed by atoms with van der Waals surface area (Å²) in [6.45, 7) is 0. The van der Waals surface area contributed by atoms with Crippen molar-refractivity contribution in [2.24, 2.45) is 0 Å². The van der Waals surface area contributed by atoms with Gasteiger partial charge in [-0.25, -0.2) is 0 Å². The van der Waals surface area contributed by atoms with E-state index in [1.165, 1.54) is 0 Å². The Kier molecular flexibility index (Phi) is 4.22. The van der Waals surface area contributed by atoms with E-state index in [4.69, 9.17) is 4.74 Å². The van der Waals surface area contributed by atoms with Crippen LogP contribution in [0.25, 0.3) is 0 Å². The van der Waals surface area contributed by atoms with Gasteiger partial charge in [0, 0.05) is 9.80 Å². The normalized spacial score (nSPS) is 12.6. The van der Waals surface area contributed by atoms with Crippen LogP contribution in [-0.2, 0) is 0 Å². The van der Waals surface area contributed by atoms with E-state index in [1.54, 1.807) is 7.11 Å². The Morgan fingerprint density at radius 3 is 2.69 bits per heavy atom. The molecule has 0 saturated carbocycles. The molecule has 1 aromatic carbocycles. The number of aliphatic hydroxyl groups is 1. The van der Waals surface area contributed by atoms with Gasteiger partial charge in [0.05, 0.1) is 13.2 Å². The average Bonchev–Trinajstić information content (AvgIpc) is 2.16. The summed E-state index contributed by atoms with van der Waals surface area (Å²) in [6, 6.07) is 5.50. The highest BCUT2D eigenvalue weighted by atomic mass is 79.9. The van der Waals surface area contributed by atoms with Crippen molar-refractivity contribution in [1.29, 1.82) is 0 Å². The molecule has 0 aromatic heterocycles. The molecule has 0 spiro atoms. The van der Waals surface area contributed by atoms with Gasteiger partial charge >= 0.3 is 0 Å². The number of hydrogen-bond acceptors (Lipinski definition) is 2. The second-order valence-corrected chi connectivity index (χ2v) is 4.06. The quantitative estimate of drug-likeness (QED) is 0.870. The van der Waals surface area contributed by atoms with Crippen molar-refractivity contribution in [3.05, 3.63) is 28.2 Å². The van der Waals surface area contributed by atoms with Crippen LogP contribution < -0.4 is 4.74 Å². The van der Waals surface area contributed by atoms with Gasteiger partial charge in [0.2, 0.25) is 0 Å². The number of aliphatic hydroxyl groups excluding tert-OH is 1. The molecule has 1 aromatic rings. The summed E-state index contributed by atoms with van der Waals surface area (Å²) >= 11 is 6.59. The fourth-order valence-electron chi connectivity index (χ4n) is 0.988. The fraction of sp³-hybridized carbons (Fsp3) is 0.333. The van der Waals surface area contributed by atoms with Crippen LogP contribution in [0.1, 0.15) is 11.7 Å². The van der Waals surface area contributed by atoms with Crippen LogP contribution in [0.15, 0.2) is 22.7 Å². The molecule has 0 bridgehead atoms.